The molecular weight excluding hydrogens is 244 g/mol. The highest BCUT2D eigenvalue weighted by Gasteiger charge is 2.17. The average molecular weight is 263 g/mol. The Bertz CT molecular complexity index is 450. The molecule has 0 aliphatic carbocycles. The van der Waals surface area contributed by atoms with Crippen LogP contribution in [0, 0.1) is 0 Å². The fourth-order valence-corrected chi connectivity index (χ4v) is 2.06. The normalized spacial score (nSPS) is 16.1. The number of quaternary nitrogens is 1. The molecule has 1 amide bonds. The predicted octanol–water partition coefficient (Wildman–Crippen LogP) is -0.257. The molecule has 2 rings (SSSR count). The van der Waals surface area contributed by atoms with Gasteiger partial charge in [0.2, 0.25) is 0 Å². The SMILES string of the molecule is CC(=O)c1ccc(NC(=O)C[NH+]2CCOCC2)cc1. The molecule has 1 aromatic rings. The van der Waals surface area contributed by atoms with Gasteiger partial charge >= 0.3 is 0 Å². The number of ether oxygens (including phenoxy) is 1. The molecule has 0 spiro atoms. The van der Waals surface area contributed by atoms with Crippen LogP contribution in [0.5, 0.6) is 0 Å². The number of Topliss-reactive ketones (excluding diaryl/α,β-unsaturated/α-hetero) is 1. The van der Waals surface area contributed by atoms with Crippen LogP contribution in [0.25, 0.3) is 0 Å². The van der Waals surface area contributed by atoms with Crippen molar-refractivity contribution in [1.82, 2.24) is 0 Å². The van der Waals surface area contributed by atoms with Gasteiger partial charge in [0.25, 0.3) is 5.91 Å². The standard InChI is InChI=1S/C14H18N2O3/c1-11(17)12-2-4-13(5-3-12)15-14(18)10-16-6-8-19-9-7-16/h2-5H,6-10H2,1H3,(H,15,18)/p+1. The summed E-state index contributed by atoms with van der Waals surface area (Å²) in [4.78, 5) is 24.2. The van der Waals surface area contributed by atoms with Gasteiger partial charge in [-0.15, -0.1) is 0 Å². The first-order valence-corrected chi connectivity index (χ1v) is 6.47. The van der Waals surface area contributed by atoms with Crippen LogP contribution in [0.1, 0.15) is 17.3 Å². The largest absolute Gasteiger partial charge is 0.370 e. The summed E-state index contributed by atoms with van der Waals surface area (Å²) in [5.74, 6) is 0.0168. The number of rotatable bonds is 4. The van der Waals surface area contributed by atoms with E-state index in [-0.39, 0.29) is 11.7 Å². The van der Waals surface area contributed by atoms with Gasteiger partial charge in [0.05, 0.1) is 13.2 Å². The smallest absolute Gasteiger partial charge is 0.279 e. The molecule has 1 aliphatic heterocycles. The Morgan fingerprint density at radius 2 is 1.84 bits per heavy atom. The highest BCUT2D eigenvalue weighted by Crippen LogP contribution is 2.09. The van der Waals surface area contributed by atoms with Crippen molar-refractivity contribution in [2.45, 2.75) is 6.92 Å². The summed E-state index contributed by atoms with van der Waals surface area (Å²) in [5, 5.41) is 2.84. The van der Waals surface area contributed by atoms with E-state index in [2.05, 4.69) is 5.32 Å². The molecule has 0 aromatic heterocycles. The molecule has 0 unspecified atom stereocenters. The van der Waals surface area contributed by atoms with Crippen molar-refractivity contribution in [1.29, 1.82) is 0 Å². The van der Waals surface area contributed by atoms with Crippen molar-refractivity contribution in [3.05, 3.63) is 29.8 Å². The van der Waals surface area contributed by atoms with E-state index in [1.165, 1.54) is 11.8 Å². The Morgan fingerprint density at radius 1 is 1.21 bits per heavy atom. The van der Waals surface area contributed by atoms with Crippen molar-refractivity contribution < 1.29 is 19.2 Å². The number of benzene rings is 1. The number of ketones is 1. The minimum atomic E-state index is -0.00697. The molecule has 1 aliphatic rings. The van der Waals surface area contributed by atoms with Crippen LogP contribution in [0.15, 0.2) is 24.3 Å². The van der Waals surface area contributed by atoms with E-state index >= 15 is 0 Å². The topological polar surface area (TPSA) is 59.8 Å². The first kappa shape index (κ1) is 13.7. The highest BCUT2D eigenvalue weighted by atomic mass is 16.5. The Labute approximate surface area is 112 Å². The third-order valence-corrected chi connectivity index (χ3v) is 3.19. The van der Waals surface area contributed by atoms with Gasteiger partial charge in [0.1, 0.15) is 13.1 Å². The maximum absolute atomic E-state index is 11.9. The van der Waals surface area contributed by atoms with Gasteiger partial charge in [-0.3, -0.25) is 9.59 Å². The fraction of sp³-hybridized carbons (Fsp3) is 0.429. The molecule has 1 fully saturated rings. The number of nitrogens with one attached hydrogen (secondary N) is 2. The second-order valence-corrected chi connectivity index (χ2v) is 4.72. The summed E-state index contributed by atoms with van der Waals surface area (Å²) in [5.41, 5.74) is 1.37. The van der Waals surface area contributed by atoms with E-state index < -0.39 is 0 Å². The zero-order valence-electron chi connectivity index (χ0n) is 11.1. The van der Waals surface area contributed by atoms with Gasteiger partial charge in [-0.25, -0.2) is 0 Å². The first-order valence-electron chi connectivity index (χ1n) is 6.47. The summed E-state index contributed by atoms with van der Waals surface area (Å²) in [6.07, 6.45) is 0. The number of hydrogen-bond donors (Lipinski definition) is 2. The Balaban J connectivity index is 1.85. The Kier molecular flexibility index (Phi) is 4.65. The number of hydrogen-bond acceptors (Lipinski definition) is 3. The Morgan fingerprint density at radius 3 is 2.42 bits per heavy atom. The zero-order valence-corrected chi connectivity index (χ0v) is 11.1. The average Bonchev–Trinajstić information content (AvgIpc) is 2.40. The minimum Gasteiger partial charge on any atom is -0.370 e. The number of morpholine rings is 1. The summed E-state index contributed by atoms with van der Waals surface area (Å²) in [6, 6.07) is 6.95. The first-order chi connectivity index (χ1) is 9.15. The zero-order chi connectivity index (χ0) is 13.7. The van der Waals surface area contributed by atoms with Crippen molar-refractivity contribution >= 4 is 17.4 Å². The maximum Gasteiger partial charge on any atom is 0.279 e. The van der Waals surface area contributed by atoms with Crippen LogP contribution in [0.4, 0.5) is 5.69 Å². The summed E-state index contributed by atoms with van der Waals surface area (Å²) >= 11 is 0. The van der Waals surface area contributed by atoms with Crippen LogP contribution < -0.4 is 10.2 Å². The van der Waals surface area contributed by atoms with Gasteiger partial charge in [0.15, 0.2) is 12.3 Å². The second kappa shape index (κ2) is 6.45. The lowest BCUT2D eigenvalue weighted by atomic mass is 10.1. The van der Waals surface area contributed by atoms with E-state index in [4.69, 9.17) is 4.74 Å². The number of amides is 1. The van der Waals surface area contributed by atoms with Crippen molar-refractivity contribution in [3.63, 3.8) is 0 Å². The molecule has 1 aromatic carbocycles. The van der Waals surface area contributed by atoms with Crippen LogP contribution in [-0.2, 0) is 9.53 Å². The highest BCUT2D eigenvalue weighted by molar-refractivity contribution is 5.95. The van der Waals surface area contributed by atoms with Crippen LogP contribution >= 0.6 is 0 Å². The van der Waals surface area contributed by atoms with E-state index in [0.717, 1.165) is 32.0 Å². The molecular formula is C14H19N2O3+. The van der Waals surface area contributed by atoms with Crippen LogP contribution in [-0.4, -0.2) is 44.5 Å². The number of anilines is 1. The van der Waals surface area contributed by atoms with Crippen molar-refractivity contribution in [2.24, 2.45) is 0 Å². The predicted molar refractivity (Wildman–Crippen MR) is 71.5 cm³/mol. The monoisotopic (exact) mass is 263 g/mol. The summed E-state index contributed by atoms with van der Waals surface area (Å²) in [6.45, 7) is 5.16. The molecule has 19 heavy (non-hydrogen) atoms. The molecule has 0 atom stereocenters. The summed E-state index contributed by atoms with van der Waals surface area (Å²) in [7, 11) is 0. The van der Waals surface area contributed by atoms with Gasteiger partial charge in [-0.2, -0.15) is 0 Å². The molecule has 1 saturated heterocycles. The molecule has 0 radical (unpaired) electrons. The lowest BCUT2D eigenvalue weighted by Crippen LogP contribution is -3.15. The maximum atomic E-state index is 11.9. The van der Waals surface area contributed by atoms with E-state index in [1.54, 1.807) is 24.3 Å². The quantitative estimate of drug-likeness (QED) is 0.736. The Hall–Kier alpha value is -1.72. The third-order valence-electron chi connectivity index (χ3n) is 3.19. The molecule has 0 bridgehead atoms. The second-order valence-electron chi connectivity index (χ2n) is 4.72. The molecule has 5 heteroatoms. The summed E-state index contributed by atoms with van der Waals surface area (Å²) < 4.78 is 5.25. The number of carbonyl (C=O) groups excluding carboxylic acids is 2. The van der Waals surface area contributed by atoms with Crippen molar-refractivity contribution in [3.8, 4) is 0 Å². The minimum absolute atomic E-state index is 0.00697. The molecule has 2 N–H and O–H groups in total. The lowest BCUT2D eigenvalue weighted by Gasteiger charge is -2.23. The van der Waals surface area contributed by atoms with Crippen LogP contribution in [0.3, 0.4) is 0 Å². The molecule has 1 heterocycles. The lowest BCUT2D eigenvalue weighted by molar-refractivity contribution is -0.899. The van der Waals surface area contributed by atoms with E-state index in [9.17, 15) is 9.59 Å². The molecule has 5 nitrogen and oxygen atoms in total. The van der Waals surface area contributed by atoms with Gasteiger partial charge in [-0.05, 0) is 31.2 Å². The van der Waals surface area contributed by atoms with E-state index in [0.29, 0.717) is 12.1 Å². The number of carbonyl (C=O) groups is 2. The van der Waals surface area contributed by atoms with Crippen molar-refractivity contribution in [2.75, 3.05) is 38.2 Å². The van der Waals surface area contributed by atoms with Gasteiger partial charge < -0.3 is 15.0 Å². The van der Waals surface area contributed by atoms with Gasteiger partial charge in [-0.1, -0.05) is 0 Å². The fourth-order valence-electron chi connectivity index (χ4n) is 2.06. The third kappa shape index (κ3) is 4.15. The molecule has 0 saturated carbocycles. The van der Waals surface area contributed by atoms with E-state index in [1.807, 2.05) is 0 Å². The molecule has 102 valence electrons. The van der Waals surface area contributed by atoms with Gasteiger partial charge in [0, 0.05) is 11.3 Å². The van der Waals surface area contributed by atoms with Crippen LogP contribution in [0.2, 0.25) is 0 Å².